The molecule has 0 amide bonds. The molecule has 4 aromatic rings. The van der Waals surface area contributed by atoms with Crippen molar-refractivity contribution in [2.24, 2.45) is 5.73 Å². The fourth-order valence-corrected chi connectivity index (χ4v) is 2.90. The highest BCUT2D eigenvalue weighted by Gasteiger charge is 2.13. The monoisotopic (exact) mass is 439 g/mol. The number of amidine groups is 1. The molecule has 0 radical (unpaired) electrons. The second-order valence-electron chi connectivity index (χ2n) is 6.72. The van der Waals surface area contributed by atoms with Crippen LogP contribution in [0.25, 0.3) is 22.1 Å². The molecule has 0 aliphatic heterocycles. The molecule has 0 spiro atoms. The van der Waals surface area contributed by atoms with Crippen LogP contribution in [0.5, 0.6) is 0 Å². The van der Waals surface area contributed by atoms with Gasteiger partial charge in [0.15, 0.2) is 0 Å². The summed E-state index contributed by atoms with van der Waals surface area (Å²) in [6.45, 7) is 3.31. The van der Waals surface area contributed by atoms with Gasteiger partial charge in [-0.2, -0.15) is 0 Å². The zero-order valence-electron chi connectivity index (χ0n) is 17.8. The number of hydrogen-bond donors (Lipinski definition) is 4. The van der Waals surface area contributed by atoms with Crippen LogP contribution in [0.2, 0.25) is 0 Å². The normalized spacial score (nSPS) is 10.1. The number of aryl methyl sites for hydroxylation is 1. The molecular weight excluding hydrogens is 414 g/mol. The number of hydrogen-bond acceptors (Lipinski definition) is 6. The zero-order valence-corrected chi connectivity index (χ0v) is 17.8. The number of benzene rings is 2. The van der Waals surface area contributed by atoms with E-state index in [9.17, 15) is 0 Å². The van der Waals surface area contributed by atoms with Crippen LogP contribution in [-0.2, 0) is 22.7 Å². The number of para-hydroxylation sites is 3. The maximum atomic E-state index is 9.00. The maximum absolute atomic E-state index is 9.00. The third-order valence-electron chi connectivity index (χ3n) is 4.05. The maximum Gasteiger partial charge on any atom is 0.300 e. The number of imidazole rings is 1. The van der Waals surface area contributed by atoms with Crippen molar-refractivity contribution >= 4 is 39.8 Å². The van der Waals surface area contributed by atoms with Crippen LogP contribution in [0.1, 0.15) is 26.1 Å². The van der Waals surface area contributed by atoms with Crippen LogP contribution in [0.15, 0.2) is 48.5 Å². The molecule has 0 aliphatic rings. The van der Waals surface area contributed by atoms with Gasteiger partial charge < -0.3 is 20.5 Å². The Hall–Kier alpha value is -4.28. The largest absolute Gasteiger partial charge is 0.481 e. The lowest BCUT2D eigenvalue weighted by Gasteiger charge is -2.09. The number of nitrogens with zero attached hydrogens (tertiary/aromatic N) is 5. The molecule has 0 fully saturated rings. The number of carboxylic acid groups (broad SMARTS) is 2. The van der Waals surface area contributed by atoms with Crippen LogP contribution in [0.4, 0.5) is 0 Å². The minimum Gasteiger partial charge on any atom is -0.481 e. The Morgan fingerprint density at radius 1 is 0.969 bits per heavy atom. The van der Waals surface area contributed by atoms with Gasteiger partial charge in [-0.05, 0) is 24.3 Å². The Morgan fingerprint density at radius 2 is 1.50 bits per heavy atom. The van der Waals surface area contributed by atoms with Gasteiger partial charge >= 0.3 is 0 Å². The Balaban J connectivity index is 0.000000395. The molecular formula is C21H25N7O4. The molecule has 2 aromatic carbocycles. The summed E-state index contributed by atoms with van der Waals surface area (Å²) in [4.78, 5) is 22.7. The second-order valence-corrected chi connectivity index (χ2v) is 6.72. The van der Waals surface area contributed by atoms with E-state index in [4.69, 9.17) is 35.9 Å². The smallest absolute Gasteiger partial charge is 0.300 e. The van der Waals surface area contributed by atoms with E-state index in [2.05, 4.69) is 14.9 Å². The van der Waals surface area contributed by atoms with Crippen molar-refractivity contribution in [2.45, 2.75) is 33.4 Å². The highest BCUT2D eigenvalue weighted by atomic mass is 16.4. The van der Waals surface area contributed by atoms with Crippen molar-refractivity contribution in [1.29, 1.82) is 5.41 Å². The molecule has 0 saturated carbocycles. The summed E-state index contributed by atoms with van der Waals surface area (Å²) in [5.41, 5.74) is 9.35. The summed E-state index contributed by atoms with van der Waals surface area (Å²) in [5, 5.41) is 30.8. The van der Waals surface area contributed by atoms with Gasteiger partial charge in [0.2, 0.25) is 0 Å². The van der Waals surface area contributed by atoms with Gasteiger partial charge in [-0.25, -0.2) is 9.67 Å². The fraction of sp³-hybridized carbons (Fsp3) is 0.238. The third kappa shape index (κ3) is 6.90. The highest BCUT2D eigenvalue weighted by molar-refractivity contribution is 5.78. The number of rotatable bonds is 5. The molecule has 0 aliphatic carbocycles. The second kappa shape index (κ2) is 11.2. The van der Waals surface area contributed by atoms with E-state index >= 15 is 0 Å². The number of carbonyl (C=O) groups is 2. The summed E-state index contributed by atoms with van der Waals surface area (Å²) in [7, 11) is 0. The Kier molecular flexibility index (Phi) is 8.40. The quantitative estimate of drug-likeness (QED) is 0.271. The molecule has 0 bridgehead atoms. The van der Waals surface area contributed by atoms with E-state index in [0.29, 0.717) is 19.5 Å². The minimum atomic E-state index is -0.833. The molecule has 0 atom stereocenters. The molecule has 0 unspecified atom stereocenters. The van der Waals surface area contributed by atoms with Gasteiger partial charge in [-0.15, -0.1) is 5.10 Å². The van der Waals surface area contributed by atoms with E-state index in [1.54, 1.807) is 0 Å². The van der Waals surface area contributed by atoms with Crippen molar-refractivity contribution in [3.63, 3.8) is 0 Å². The minimum absolute atomic E-state index is 0.171. The number of fused-ring (bicyclic) bond motifs is 2. The van der Waals surface area contributed by atoms with Crippen molar-refractivity contribution in [3.05, 3.63) is 54.4 Å². The third-order valence-corrected chi connectivity index (χ3v) is 4.05. The molecule has 168 valence electrons. The predicted molar refractivity (Wildman–Crippen MR) is 120 cm³/mol. The first-order chi connectivity index (χ1) is 15.2. The number of nitrogens with one attached hydrogen (secondary N) is 1. The first-order valence-corrected chi connectivity index (χ1v) is 9.63. The average Bonchev–Trinajstić information content (AvgIpc) is 3.27. The fourth-order valence-electron chi connectivity index (χ4n) is 2.90. The van der Waals surface area contributed by atoms with E-state index in [0.717, 1.165) is 41.7 Å². The van der Waals surface area contributed by atoms with Crippen LogP contribution in [0.3, 0.4) is 0 Å². The number of aliphatic carboxylic acids is 2. The lowest BCUT2D eigenvalue weighted by atomic mass is 10.3. The van der Waals surface area contributed by atoms with Gasteiger partial charge in [0.1, 0.15) is 17.9 Å². The van der Waals surface area contributed by atoms with Gasteiger partial charge in [-0.1, -0.05) is 29.5 Å². The highest BCUT2D eigenvalue weighted by Crippen LogP contribution is 2.19. The van der Waals surface area contributed by atoms with Crippen LogP contribution in [0, 0.1) is 5.41 Å². The van der Waals surface area contributed by atoms with Crippen molar-refractivity contribution in [2.75, 3.05) is 0 Å². The molecule has 4 rings (SSSR count). The molecule has 32 heavy (non-hydrogen) atoms. The molecule has 2 aromatic heterocycles. The first kappa shape index (κ1) is 24.0. The summed E-state index contributed by atoms with van der Waals surface area (Å²) in [6.07, 6.45) is 0.492. The number of carboxylic acids is 2. The summed E-state index contributed by atoms with van der Waals surface area (Å²) in [6, 6.07) is 15.8. The van der Waals surface area contributed by atoms with Gasteiger partial charge in [-0.3, -0.25) is 15.0 Å². The SMILES string of the molecule is CC(=O)O.CC(=O)O.N=C(N)CCn1c(Cn2nnc3ccccc32)nc2ccccc21. The van der Waals surface area contributed by atoms with Crippen molar-refractivity contribution < 1.29 is 19.8 Å². The van der Waals surface area contributed by atoms with Crippen molar-refractivity contribution in [3.8, 4) is 0 Å². The summed E-state index contributed by atoms with van der Waals surface area (Å²) >= 11 is 0. The lowest BCUT2D eigenvalue weighted by molar-refractivity contribution is -0.135. The van der Waals surface area contributed by atoms with Gasteiger partial charge in [0.25, 0.3) is 11.9 Å². The summed E-state index contributed by atoms with van der Waals surface area (Å²) in [5.74, 6) is -0.613. The number of nitrogens with two attached hydrogens (primary N) is 1. The van der Waals surface area contributed by atoms with Crippen LogP contribution < -0.4 is 5.73 Å². The standard InChI is InChI=1S/C17H17N7.2C2H4O2/c18-16(19)9-10-23-14-7-3-1-5-12(14)20-17(23)11-24-15-8-4-2-6-13(15)21-22-24;2*1-2(3)4/h1-8H,9-11H2,(H3,18,19);2*1H3,(H,3,4). The lowest BCUT2D eigenvalue weighted by Crippen LogP contribution is -2.16. The van der Waals surface area contributed by atoms with E-state index in [-0.39, 0.29) is 5.84 Å². The summed E-state index contributed by atoms with van der Waals surface area (Å²) < 4.78 is 3.95. The Morgan fingerprint density at radius 3 is 2.09 bits per heavy atom. The van der Waals surface area contributed by atoms with Crippen LogP contribution in [-0.4, -0.2) is 52.5 Å². The average molecular weight is 439 g/mol. The Labute approximate surface area is 183 Å². The Bertz CT molecular complexity index is 1210. The van der Waals surface area contributed by atoms with E-state index in [1.807, 2.05) is 53.2 Å². The van der Waals surface area contributed by atoms with Gasteiger partial charge in [0.05, 0.1) is 22.4 Å². The van der Waals surface area contributed by atoms with E-state index in [1.165, 1.54) is 0 Å². The zero-order chi connectivity index (χ0) is 23.7. The first-order valence-electron chi connectivity index (χ1n) is 9.63. The number of aromatic nitrogens is 5. The topological polar surface area (TPSA) is 173 Å². The van der Waals surface area contributed by atoms with Crippen LogP contribution >= 0.6 is 0 Å². The van der Waals surface area contributed by atoms with Crippen molar-refractivity contribution in [1.82, 2.24) is 24.5 Å². The molecule has 0 saturated heterocycles. The molecule has 11 heteroatoms. The van der Waals surface area contributed by atoms with E-state index < -0.39 is 11.9 Å². The predicted octanol–water partition coefficient (Wildman–Crippen LogP) is 2.34. The molecule has 11 nitrogen and oxygen atoms in total. The molecule has 2 heterocycles. The molecule has 5 N–H and O–H groups in total. The van der Waals surface area contributed by atoms with Gasteiger partial charge in [0, 0.05) is 26.8 Å².